The standard InChI is InChI=1S/C35H48O2/c1-7-19-36-32-28(21-26(3)23-30(32)34(5)15-11-9-12-16-34)25-29-22-27(4)24-31(33(29)37-20-8-2)35(6)17-13-10-14-18-35/h7-8,21-24H,1-2,9-20,25H2,3-6H3. The van der Waals surface area contributed by atoms with Gasteiger partial charge in [-0.1, -0.05) is 113 Å². The summed E-state index contributed by atoms with van der Waals surface area (Å²) < 4.78 is 13.0. The lowest BCUT2D eigenvalue weighted by Gasteiger charge is -2.37. The third-order valence-corrected chi connectivity index (χ3v) is 8.91. The second kappa shape index (κ2) is 11.9. The van der Waals surface area contributed by atoms with Crippen molar-refractivity contribution in [2.75, 3.05) is 13.2 Å². The maximum atomic E-state index is 6.51. The zero-order valence-electron chi connectivity index (χ0n) is 23.9. The Kier molecular flexibility index (Phi) is 8.88. The molecule has 2 fully saturated rings. The topological polar surface area (TPSA) is 18.5 Å². The molecule has 200 valence electrons. The van der Waals surface area contributed by atoms with Gasteiger partial charge in [-0.3, -0.25) is 0 Å². The quantitative estimate of drug-likeness (QED) is 0.302. The van der Waals surface area contributed by atoms with Gasteiger partial charge >= 0.3 is 0 Å². The summed E-state index contributed by atoms with van der Waals surface area (Å²) in [6, 6.07) is 9.42. The maximum Gasteiger partial charge on any atom is 0.127 e. The van der Waals surface area contributed by atoms with E-state index >= 15 is 0 Å². The van der Waals surface area contributed by atoms with Crippen molar-refractivity contribution in [1.82, 2.24) is 0 Å². The van der Waals surface area contributed by atoms with Crippen molar-refractivity contribution in [3.8, 4) is 11.5 Å². The van der Waals surface area contributed by atoms with Crippen LogP contribution in [0.25, 0.3) is 0 Å². The van der Waals surface area contributed by atoms with E-state index in [9.17, 15) is 0 Å². The molecular weight excluding hydrogens is 452 g/mol. The van der Waals surface area contributed by atoms with E-state index in [4.69, 9.17) is 9.47 Å². The highest BCUT2D eigenvalue weighted by atomic mass is 16.5. The highest BCUT2D eigenvalue weighted by Gasteiger charge is 2.35. The number of rotatable bonds is 10. The fraction of sp³-hybridized carbons (Fsp3) is 0.543. The van der Waals surface area contributed by atoms with Crippen LogP contribution in [0.4, 0.5) is 0 Å². The molecule has 0 saturated heterocycles. The fourth-order valence-electron chi connectivity index (χ4n) is 6.89. The number of hydrogen-bond acceptors (Lipinski definition) is 2. The minimum atomic E-state index is 0.158. The van der Waals surface area contributed by atoms with E-state index in [1.807, 2.05) is 12.2 Å². The number of benzene rings is 2. The molecule has 4 rings (SSSR count). The lowest BCUT2D eigenvalue weighted by molar-refractivity contribution is 0.292. The maximum absolute atomic E-state index is 6.51. The molecule has 0 radical (unpaired) electrons. The SMILES string of the molecule is C=CCOc1c(Cc2cc(C)cc(C3(C)CCCCC3)c2OCC=C)cc(C)cc1C1(C)CCCCC1. The summed E-state index contributed by atoms with van der Waals surface area (Å²) in [6.07, 6.45) is 17.3. The Hall–Kier alpha value is -2.48. The van der Waals surface area contributed by atoms with Gasteiger partial charge in [0.1, 0.15) is 24.7 Å². The summed E-state index contributed by atoms with van der Waals surface area (Å²) in [4.78, 5) is 0. The first kappa shape index (κ1) is 27.6. The van der Waals surface area contributed by atoms with Crippen molar-refractivity contribution >= 4 is 0 Å². The molecule has 0 N–H and O–H groups in total. The zero-order valence-corrected chi connectivity index (χ0v) is 23.9. The number of ether oxygens (including phenoxy) is 2. The summed E-state index contributed by atoms with van der Waals surface area (Å²) in [6.45, 7) is 18.3. The smallest absolute Gasteiger partial charge is 0.127 e. The average Bonchev–Trinajstić information content (AvgIpc) is 2.88. The molecule has 0 heterocycles. The number of aryl methyl sites for hydroxylation is 2. The van der Waals surface area contributed by atoms with Crippen LogP contribution < -0.4 is 9.47 Å². The van der Waals surface area contributed by atoms with Gasteiger partial charge in [0.25, 0.3) is 0 Å². The lowest BCUT2D eigenvalue weighted by Crippen LogP contribution is -2.27. The minimum Gasteiger partial charge on any atom is -0.489 e. The molecule has 0 atom stereocenters. The predicted octanol–water partition coefficient (Wildman–Crippen LogP) is 9.47. The van der Waals surface area contributed by atoms with E-state index in [0.717, 1.165) is 17.9 Å². The molecule has 0 aromatic heterocycles. The van der Waals surface area contributed by atoms with Gasteiger partial charge in [-0.15, -0.1) is 0 Å². The van der Waals surface area contributed by atoms with Crippen LogP contribution in [0, 0.1) is 13.8 Å². The van der Waals surface area contributed by atoms with E-state index in [0.29, 0.717) is 13.2 Å². The van der Waals surface area contributed by atoms with Crippen LogP contribution >= 0.6 is 0 Å². The summed E-state index contributed by atoms with van der Waals surface area (Å²) in [7, 11) is 0. The first-order valence-electron chi connectivity index (χ1n) is 14.5. The van der Waals surface area contributed by atoms with Crippen molar-refractivity contribution in [1.29, 1.82) is 0 Å². The van der Waals surface area contributed by atoms with E-state index in [2.05, 4.69) is 65.1 Å². The third kappa shape index (κ3) is 6.16. The Bertz CT molecular complexity index is 1010. The first-order valence-corrected chi connectivity index (χ1v) is 14.5. The van der Waals surface area contributed by atoms with Gasteiger partial charge in [-0.2, -0.15) is 0 Å². The van der Waals surface area contributed by atoms with Crippen molar-refractivity contribution in [3.63, 3.8) is 0 Å². The highest BCUT2D eigenvalue weighted by Crippen LogP contribution is 2.48. The average molecular weight is 501 g/mol. The molecule has 0 spiro atoms. The molecule has 2 nitrogen and oxygen atoms in total. The zero-order chi connectivity index (χ0) is 26.5. The lowest BCUT2D eigenvalue weighted by atomic mass is 9.69. The Morgan fingerprint density at radius 1 is 0.649 bits per heavy atom. The van der Waals surface area contributed by atoms with Crippen LogP contribution in [0.2, 0.25) is 0 Å². The van der Waals surface area contributed by atoms with Crippen molar-refractivity contribution in [3.05, 3.63) is 83.0 Å². The second-order valence-electron chi connectivity index (χ2n) is 12.2. The largest absolute Gasteiger partial charge is 0.489 e. The van der Waals surface area contributed by atoms with Gasteiger partial charge in [-0.05, 0) is 61.5 Å². The molecule has 0 bridgehead atoms. The van der Waals surface area contributed by atoms with E-state index < -0.39 is 0 Å². The van der Waals surface area contributed by atoms with Crippen molar-refractivity contribution in [2.24, 2.45) is 0 Å². The van der Waals surface area contributed by atoms with Crippen LogP contribution in [0.1, 0.15) is 111 Å². The molecule has 2 aromatic carbocycles. The van der Waals surface area contributed by atoms with Gasteiger partial charge < -0.3 is 9.47 Å². The van der Waals surface area contributed by atoms with Crippen LogP contribution in [0.3, 0.4) is 0 Å². The van der Waals surface area contributed by atoms with E-state index in [1.54, 1.807) is 0 Å². The van der Waals surface area contributed by atoms with Crippen LogP contribution in [0.15, 0.2) is 49.6 Å². The number of hydrogen-bond donors (Lipinski definition) is 0. The second-order valence-corrected chi connectivity index (χ2v) is 12.2. The Morgan fingerprint density at radius 3 is 1.38 bits per heavy atom. The Labute approximate surface area is 226 Å². The van der Waals surface area contributed by atoms with Gasteiger partial charge in [-0.25, -0.2) is 0 Å². The van der Waals surface area contributed by atoms with Gasteiger partial charge in [0.05, 0.1) is 0 Å². The molecule has 2 aromatic rings. The summed E-state index contributed by atoms with van der Waals surface area (Å²) in [5, 5.41) is 0. The highest BCUT2D eigenvalue weighted by molar-refractivity contribution is 5.55. The third-order valence-electron chi connectivity index (χ3n) is 8.91. The first-order chi connectivity index (χ1) is 17.8. The van der Waals surface area contributed by atoms with Crippen LogP contribution in [0.5, 0.6) is 11.5 Å². The molecule has 37 heavy (non-hydrogen) atoms. The summed E-state index contributed by atoms with van der Waals surface area (Å²) >= 11 is 0. The monoisotopic (exact) mass is 500 g/mol. The molecular formula is C35H48O2. The molecule has 0 amide bonds. The van der Waals surface area contributed by atoms with E-state index in [1.165, 1.54) is 97.6 Å². The minimum absolute atomic E-state index is 0.158. The molecule has 2 aliphatic rings. The molecule has 0 aliphatic heterocycles. The molecule has 2 heteroatoms. The fourth-order valence-corrected chi connectivity index (χ4v) is 6.89. The Morgan fingerprint density at radius 2 is 1.03 bits per heavy atom. The van der Waals surface area contributed by atoms with E-state index in [-0.39, 0.29) is 10.8 Å². The van der Waals surface area contributed by atoms with Gasteiger partial charge in [0.2, 0.25) is 0 Å². The van der Waals surface area contributed by atoms with Gasteiger partial charge in [0.15, 0.2) is 0 Å². The van der Waals surface area contributed by atoms with Crippen LogP contribution in [-0.2, 0) is 17.3 Å². The molecule has 2 aliphatic carbocycles. The molecule has 2 saturated carbocycles. The van der Waals surface area contributed by atoms with Crippen molar-refractivity contribution < 1.29 is 9.47 Å². The summed E-state index contributed by atoms with van der Waals surface area (Å²) in [5.74, 6) is 2.13. The summed E-state index contributed by atoms with van der Waals surface area (Å²) in [5.41, 5.74) is 8.21. The normalized spacial score (nSPS) is 18.7. The Balaban J connectivity index is 1.84. The van der Waals surface area contributed by atoms with Crippen molar-refractivity contribution in [2.45, 2.75) is 109 Å². The van der Waals surface area contributed by atoms with Crippen LogP contribution in [-0.4, -0.2) is 13.2 Å². The molecule has 0 unspecified atom stereocenters. The van der Waals surface area contributed by atoms with Gasteiger partial charge in [0, 0.05) is 17.5 Å². The predicted molar refractivity (Wildman–Crippen MR) is 157 cm³/mol.